The van der Waals surface area contributed by atoms with Gasteiger partial charge in [-0.05, 0) is 18.6 Å². The fourth-order valence-electron chi connectivity index (χ4n) is 2.62. The predicted octanol–water partition coefficient (Wildman–Crippen LogP) is 3.04. The lowest BCUT2D eigenvalue weighted by atomic mass is 10.2. The molecular formula is C20H18N6O2. The van der Waals surface area contributed by atoms with E-state index in [9.17, 15) is 0 Å². The molecule has 0 amide bonds. The van der Waals surface area contributed by atoms with Gasteiger partial charge >= 0.3 is 0 Å². The standard InChI is InChI=1S/C20H18N6O2/c1-2-27-19-17-18(25-20(21)26-19)23-11-15(24-17)14-8-9-16(22-10-14)28-12-13-6-4-3-5-7-13/h3-11H,2,12H2,1H3,(H2,21,23,25,26). The molecule has 0 bridgehead atoms. The van der Waals surface area contributed by atoms with E-state index in [4.69, 9.17) is 15.2 Å². The van der Waals surface area contributed by atoms with E-state index in [-0.39, 0.29) is 5.95 Å². The molecule has 28 heavy (non-hydrogen) atoms. The molecule has 3 aromatic heterocycles. The lowest BCUT2D eigenvalue weighted by molar-refractivity contribution is 0.294. The quantitative estimate of drug-likeness (QED) is 0.548. The summed E-state index contributed by atoms with van der Waals surface area (Å²) < 4.78 is 11.2. The van der Waals surface area contributed by atoms with Crippen molar-refractivity contribution < 1.29 is 9.47 Å². The Hall–Kier alpha value is -3.81. The predicted molar refractivity (Wildman–Crippen MR) is 105 cm³/mol. The minimum absolute atomic E-state index is 0.0968. The molecule has 0 spiro atoms. The molecule has 4 aromatic rings. The van der Waals surface area contributed by atoms with Crippen LogP contribution in [-0.4, -0.2) is 31.5 Å². The van der Waals surface area contributed by atoms with Crippen LogP contribution in [0.25, 0.3) is 22.4 Å². The van der Waals surface area contributed by atoms with E-state index in [2.05, 4.69) is 24.9 Å². The van der Waals surface area contributed by atoms with Crippen LogP contribution in [0, 0.1) is 0 Å². The highest BCUT2D eigenvalue weighted by Gasteiger charge is 2.12. The Morgan fingerprint density at radius 1 is 0.893 bits per heavy atom. The van der Waals surface area contributed by atoms with Gasteiger partial charge in [0.25, 0.3) is 0 Å². The normalized spacial score (nSPS) is 10.8. The van der Waals surface area contributed by atoms with E-state index in [1.807, 2.05) is 43.3 Å². The van der Waals surface area contributed by atoms with Gasteiger partial charge in [-0.3, -0.25) is 0 Å². The Morgan fingerprint density at radius 3 is 2.50 bits per heavy atom. The van der Waals surface area contributed by atoms with Gasteiger partial charge in [0.15, 0.2) is 11.2 Å². The second-order valence-corrected chi connectivity index (χ2v) is 5.91. The molecule has 3 heterocycles. The van der Waals surface area contributed by atoms with Crippen LogP contribution in [0.1, 0.15) is 12.5 Å². The molecule has 0 saturated carbocycles. The molecule has 0 radical (unpaired) electrons. The smallest absolute Gasteiger partial charge is 0.247 e. The fourth-order valence-corrected chi connectivity index (χ4v) is 2.62. The van der Waals surface area contributed by atoms with E-state index in [1.165, 1.54) is 0 Å². The molecule has 0 atom stereocenters. The summed E-state index contributed by atoms with van der Waals surface area (Å²) in [7, 11) is 0. The third kappa shape index (κ3) is 3.80. The zero-order valence-corrected chi connectivity index (χ0v) is 15.2. The molecule has 4 rings (SSSR count). The van der Waals surface area contributed by atoms with E-state index in [0.717, 1.165) is 11.1 Å². The first kappa shape index (κ1) is 17.6. The maximum absolute atomic E-state index is 5.72. The number of nitrogen functional groups attached to an aromatic ring is 1. The van der Waals surface area contributed by atoms with Crippen LogP contribution < -0.4 is 15.2 Å². The SMILES string of the molecule is CCOc1nc(N)nc2ncc(-c3ccc(OCc4ccccc4)nc3)nc12. The minimum atomic E-state index is 0.0968. The Balaban J connectivity index is 1.57. The molecule has 0 unspecified atom stereocenters. The minimum Gasteiger partial charge on any atom is -0.476 e. The first-order chi connectivity index (χ1) is 13.7. The van der Waals surface area contributed by atoms with E-state index < -0.39 is 0 Å². The number of pyridine rings is 1. The van der Waals surface area contributed by atoms with Crippen molar-refractivity contribution >= 4 is 17.1 Å². The molecule has 2 N–H and O–H groups in total. The van der Waals surface area contributed by atoms with E-state index in [1.54, 1.807) is 18.5 Å². The van der Waals surface area contributed by atoms with Gasteiger partial charge in [-0.15, -0.1) is 0 Å². The van der Waals surface area contributed by atoms with Gasteiger partial charge in [0.1, 0.15) is 6.61 Å². The van der Waals surface area contributed by atoms with Crippen molar-refractivity contribution in [2.45, 2.75) is 13.5 Å². The third-order valence-corrected chi connectivity index (χ3v) is 3.94. The number of ether oxygens (including phenoxy) is 2. The number of anilines is 1. The molecule has 1 aromatic carbocycles. The lowest BCUT2D eigenvalue weighted by Gasteiger charge is -2.08. The van der Waals surface area contributed by atoms with Crippen LogP contribution in [-0.2, 0) is 6.61 Å². The van der Waals surface area contributed by atoms with E-state index in [0.29, 0.717) is 41.8 Å². The number of rotatable bonds is 6. The summed E-state index contributed by atoms with van der Waals surface area (Å²) in [4.78, 5) is 21.5. The topological polar surface area (TPSA) is 109 Å². The van der Waals surface area contributed by atoms with Gasteiger partial charge in [-0.2, -0.15) is 9.97 Å². The van der Waals surface area contributed by atoms with E-state index >= 15 is 0 Å². The zero-order valence-electron chi connectivity index (χ0n) is 15.2. The molecule has 8 heteroatoms. The molecule has 0 aliphatic carbocycles. The molecule has 0 aliphatic heterocycles. The summed E-state index contributed by atoms with van der Waals surface area (Å²) in [6.45, 7) is 2.76. The van der Waals surface area contributed by atoms with Crippen LogP contribution in [0.3, 0.4) is 0 Å². The van der Waals surface area contributed by atoms with Crippen molar-refractivity contribution in [3.05, 3.63) is 60.4 Å². The number of aromatic nitrogens is 5. The molecule has 0 fully saturated rings. The highest BCUT2D eigenvalue weighted by molar-refractivity contribution is 5.79. The average molecular weight is 374 g/mol. The van der Waals surface area contributed by atoms with Crippen molar-refractivity contribution in [1.82, 2.24) is 24.9 Å². The number of benzene rings is 1. The Labute approximate surface area is 161 Å². The number of hydrogen-bond donors (Lipinski definition) is 1. The maximum atomic E-state index is 5.72. The van der Waals surface area contributed by atoms with Crippen molar-refractivity contribution in [3.8, 4) is 23.0 Å². The number of fused-ring (bicyclic) bond motifs is 1. The largest absolute Gasteiger partial charge is 0.476 e. The third-order valence-electron chi connectivity index (χ3n) is 3.94. The zero-order chi connectivity index (χ0) is 19.3. The molecule has 0 aliphatic rings. The summed E-state index contributed by atoms with van der Waals surface area (Å²) in [5.74, 6) is 0.946. The average Bonchev–Trinajstić information content (AvgIpc) is 2.73. The first-order valence-electron chi connectivity index (χ1n) is 8.79. The summed E-state index contributed by atoms with van der Waals surface area (Å²) in [5.41, 5.74) is 9.04. The number of nitrogens with two attached hydrogens (primary N) is 1. The van der Waals surface area contributed by atoms with Crippen LogP contribution in [0.15, 0.2) is 54.9 Å². The highest BCUT2D eigenvalue weighted by atomic mass is 16.5. The van der Waals surface area contributed by atoms with Crippen LogP contribution in [0.2, 0.25) is 0 Å². The van der Waals surface area contributed by atoms with Crippen molar-refractivity contribution in [2.75, 3.05) is 12.3 Å². The Kier molecular flexibility index (Phi) is 4.92. The molecule has 8 nitrogen and oxygen atoms in total. The van der Waals surface area contributed by atoms with Crippen molar-refractivity contribution in [2.24, 2.45) is 0 Å². The Bertz CT molecular complexity index is 1090. The monoisotopic (exact) mass is 374 g/mol. The second kappa shape index (κ2) is 7.83. The van der Waals surface area contributed by atoms with Gasteiger partial charge in [0.2, 0.25) is 17.7 Å². The van der Waals surface area contributed by atoms with Crippen LogP contribution >= 0.6 is 0 Å². The van der Waals surface area contributed by atoms with Gasteiger partial charge in [-0.1, -0.05) is 30.3 Å². The first-order valence-corrected chi connectivity index (χ1v) is 8.79. The van der Waals surface area contributed by atoms with Gasteiger partial charge in [-0.25, -0.2) is 15.0 Å². The van der Waals surface area contributed by atoms with Crippen molar-refractivity contribution in [3.63, 3.8) is 0 Å². The lowest BCUT2D eigenvalue weighted by Crippen LogP contribution is -2.04. The summed E-state index contributed by atoms with van der Waals surface area (Å²) in [5, 5.41) is 0. The summed E-state index contributed by atoms with van der Waals surface area (Å²) >= 11 is 0. The summed E-state index contributed by atoms with van der Waals surface area (Å²) in [6.07, 6.45) is 3.31. The molecular weight excluding hydrogens is 356 g/mol. The van der Waals surface area contributed by atoms with Gasteiger partial charge < -0.3 is 15.2 Å². The number of nitrogens with zero attached hydrogens (tertiary/aromatic N) is 5. The summed E-state index contributed by atoms with van der Waals surface area (Å²) in [6, 6.07) is 13.6. The van der Waals surface area contributed by atoms with Gasteiger partial charge in [0, 0.05) is 17.8 Å². The maximum Gasteiger partial charge on any atom is 0.247 e. The van der Waals surface area contributed by atoms with Crippen molar-refractivity contribution in [1.29, 1.82) is 0 Å². The fraction of sp³-hybridized carbons (Fsp3) is 0.150. The number of hydrogen-bond acceptors (Lipinski definition) is 8. The second-order valence-electron chi connectivity index (χ2n) is 5.91. The highest BCUT2D eigenvalue weighted by Crippen LogP contribution is 2.24. The Morgan fingerprint density at radius 2 is 1.75 bits per heavy atom. The molecule has 140 valence electrons. The van der Waals surface area contributed by atoms with Crippen LogP contribution in [0.4, 0.5) is 5.95 Å². The molecule has 0 saturated heterocycles. The van der Waals surface area contributed by atoms with Gasteiger partial charge in [0.05, 0.1) is 18.5 Å². The van der Waals surface area contributed by atoms with Crippen LogP contribution in [0.5, 0.6) is 11.8 Å².